The molecule has 0 spiro atoms. The fraction of sp³-hybridized carbons (Fsp3) is 0. The molecule has 0 unspecified atom stereocenters. The zero-order valence-electron chi connectivity index (χ0n) is 15.5. The molecule has 0 fully saturated rings. The Labute approximate surface area is 235 Å². The Morgan fingerprint density at radius 1 is 0.885 bits per heavy atom. The summed E-state index contributed by atoms with van der Waals surface area (Å²) in [5, 5.41) is 1.53. The average Bonchev–Trinajstić information content (AvgIpc) is 2.43. The van der Waals surface area contributed by atoms with Crippen molar-refractivity contribution in [3.63, 3.8) is 0 Å². The van der Waals surface area contributed by atoms with Gasteiger partial charge in [0.2, 0.25) is 0 Å². The Morgan fingerprint density at radius 2 is 1.38 bits per heavy atom. The maximum Gasteiger partial charge on any atom is 1.00 e. The van der Waals surface area contributed by atoms with Crippen molar-refractivity contribution in [2.24, 2.45) is 0 Å². The molecule has 0 radical (unpaired) electrons. The number of carbonyl (C=O) groups is 2. The second kappa shape index (κ2) is 8.23. The number of nitrogens with one attached hydrogen (secondary N) is 1. The summed E-state index contributed by atoms with van der Waals surface area (Å²) in [6.45, 7) is 0. The van der Waals surface area contributed by atoms with Gasteiger partial charge in [-0.25, -0.2) is 0 Å². The van der Waals surface area contributed by atoms with Crippen molar-refractivity contribution in [1.29, 1.82) is 0 Å². The van der Waals surface area contributed by atoms with Crippen LogP contribution in [-0.4, -0.2) is 37.8 Å². The predicted molar refractivity (Wildman–Crippen MR) is 82.0 cm³/mol. The third-order valence-electron chi connectivity index (χ3n) is 3.50. The number of imide groups is 1. The number of hydrogen-bond donors (Lipinski definition) is 4. The zero-order valence-corrected chi connectivity index (χ0v) is 21.3. The molecule has 0 saturated heterocycles. The quantitative estimate of drug-likeness (QED) is 0.149. The molecule has 1 aliphatic heterocycles. The fourth-order valence-electron chi connectivity index (χ4n) is 2.49. The predicted octanol–water partition coefficient (Wildman–Crippen LogP) is -5.97. The van der Waals surface area contributed by atoms with Gasteiger partial charge in [0.05, 0.1) is 10.6 Å². The van der Waals surface area contributed by atoms with E-state index in [1.807, 2.05) is 5.32 Å². The molecular weight excluding hydrogens is 442 g/mol. The van der Waals surface area contributed by atoms with E-state index < -0.39 is 47.5 Å². The van der Waals surface area contributed by atoms with Gasteiger partial charge >= 0.3 is 103 Å². The van der Waals surface area contributed by atoms with Crippen LogP contribution in [0, 0.1) is 0 Å². The second-order valence-corrected chi connectivity index (χ2v) is 7.77. The van der Waals surface area contributed by atoms with Crippen molar-refractivity contribution in [3.8, 4) is 0 Å². The van der Waals surface area contributed by atoms with Crippen LogP contribution in [0.25, 0.3) is 10.8 Å². The maximum atomic E-state index is 11.9. The van der Waals surface area contributed by atoms with Crippen LogP contribution in [0.3, 0.4) is 0 Å². The molecular formula is C12H10K2N2O8S2. The van der Waals surface area contributed by atoms with Gasteiger partial charge in [0, 0.05) is 21.9 Å². The van der Waals surface area contributed by atoms with E-state index in [1.165, 1.54) is 0 Å². The molecule has 5 N–H and O–H groups in total. The first-order valence-electron chi connectivity index (χ1n) is 6.12. The molecule has 0 bridgehead atoms. The van der Waals surface area contributed by atoms with Gasteiger partial charge in [-0.1, -0.05) is 0 Å². The van der Waals surface area contributed by atoms with Gasteiger partial charge in [0.25, 0.3) is 32.1 Å². The molecule has 1 heterocycles. The summed E-state index contributed by atoms with van der Waals surface area (Å²) in [4.78, 5) is 22.3. The smallest absolute Gasteiger partial charge is 1.00 e. The minimum absolute atomic E-state index is 0. The van der Waals surface area contributed by atoms with Gasteiger partial charge in [-0.3, -0.25) is 24.0 Å². The van der Waals surface area contributed by atoms with E-state index in [9.17, 15) is 35.5 Å². The number of nitrogen functional groups attached to an aromatic ring is 1. The van der Waals surface area contributed by atoms with Gasteiger partial charge in [-0.2, -0.15) is 16.8 Å². The summed E-state index contributed by atoms with van der Waals surface area (Å²) >= 11 is 0. The summed E-state index contributed by atoms with van der Waals surface area (Å²) in [5.74, 6) is -1.89. The normalized spacial score (nSPS) is 13.6. The Morgan fingerprint density at radius 3 is 1.85 bits per heavy atom. The third kappa shape index (κ3) is 4.33. The monoisotopic (exact) mass is 452 g/mol. The maximum absolute atomic E-state index is 11.9. The number of rotatable bonds is 2. The largest absolute Gasteiger partial charge is 1.00 e. The van der Waals surface area contributed by atoms with Gasteiger partial charge in [0.15, 0.2) is 0 Å². The molecule has 10 nitrogen and oxygen atoms in total. The molecule has 0 saturated carbocycles. The summed E-state index contributed by atoms with van der Waals surface area (Å²) < 4.78 is 64.0. The number of amides is 2. The van der Waals surface area contributed by atoms with E-state index in [4.69, 9.17) is 5.73 Å². The Balaban J connectivity index is 0. The van der Waals surface area contributed by atoms with Gasteiger partial charge < -0.3 is 8.59 Å². The Bertz CT molecular complexity index is 1170. The second-order valence-electron chi connectivity index (χ2n) is 4.96. The van der Waals surface area contributed by atoms with Gasteiger partial charge in [-0.15, -0.1) is 0 Å². The van der Waals surface area contributed by atoms with Crippen molar-refractivity contribution < 1.29 is 141 Å². The average molecular weight is 453 g/mol. The van der Waals surface area contributed by atoms with E-state index in [-0.39, 0.29) is 128 Å². The molecule has 26 heavy (non-hydrogen) atoms. The summed E-state index contributed by atoms with van der Waals surface area (Å²) in [7, 11) is -9.58. The molecule has 2 aromatic carbocycles. The topological polar surface area (TPSA) is 181 Å². The summed E-state index contributed by atoms with van der Waals surface area (Å²) in [5.41, 5.74) is 4.52. The number of anilines is 1. The molecule has 0 aliphatic carbocycles. The van der Waals surface area contributed by atoms with Crippen LogP contribution in [0.1, 0.15) is 23.6 Å². The molecule has 1 aliphatic rings. The van der Waals surface area contributed by atoms with Crippen molar-refractivity contribution >= 4 is 48.5 Å². The molecule has 14 heteroatoms. The molecule has 3 rings (SSSR count). The van der Waals surface area contributed by atoms with Crippen LogP contribution in [0.15, 0.2) is 28.0 Å². The third-order valence-corrected chi connectivity index (χ3v) is 5.23. The van der Waals surface area contributed by atoms with Crippen molar-refractivity contribution in [1.82, 2.24) is 5.32 Å². The molecule has 2 aromatic rings. The minimum atomic E-state index is -4.83. The summed E-state index contributed by atoms with van der Waals surface area (Å²) in [6, 6.07) is 2.43. The van der Waals surface area contributed by atoms with Crippen LogP contribution >= 0.6 is 0 Å². The van der Waals surface area contributed by atoms with Crippen LogP contribution < -0.4 is 114 Å². The molecule has 130 valence electrons. The summed E-state index contributed by atoms with van der Waals surface area (Å²) in [6.07, 6.45) is 0. The van der Waals surface area contributed by atoms with E-state index in [0.29, 0.717) is 0 Å². The van der Waals surface area contributed by atoms with Crippen LogP contribution in [-0.2, 0) is 20.2 Å². The number of hydrogen-bond acceptors (Lipinski definition) is 7. The molecule has 0 atom stereocenters. The van der Waals surface area contributed by atoms with Crippen molar-refractivity contribution in [2.45, 2.75) is 9.79 Å². The van der Waals surface area contributed by atoms with E-state index in [0.717, 1.165) is 18.2 Å². The van der Waals surface area contributed by atoms with Crippen LogP contribution in [0.5, 0.6) is 0 Å². The standard InChI is InChI=1S/C12H8N2O8S2.2K.2H/c13-10-5-1-4(23(17,18)19)2-6-9(5)7(12(16)14-11(6)15)3-8(10)24(20,21)22;;;;/h1-3H,13H2,(H,14,15,16)(H,17,18,19)(H,20,21,22);;;;/q;2*+1;2*-1. The van der Waals surface area contributed by atoms with Crippen LogP contribution in [0.4, 0.5) is 5.69 Å². The Kier molecular flexibility index (Phi) is 7.84. The van der Waals surface area contributed by atoms with Crippen LogP contribution in [0.2, 0.25) is 0 Å². The Hall–Kier alpha value is 0.733. The number of carbonyl (C=O) groups excluding carboxylic acids is 2. The first-order valence-corrected chi connectivity index (χ1v) is 9.00. The minimum Gasteiger partial charge on any atom is -1.00 e. The first kappa shape index (κ1) is 24.8. The number of nitrogens with two attached hydrogens (primary N) is 1. The van der Waals surface area contributed by atoms with Gasteiger partial charge in [0.1, 0.15) is 4.90 Å². The van der Waals surface area contributed by atoms with Gasteiger partial charge in [-0.05, 0) is 18.2 Å². The van der Waals surface area contributed by atoms with E-state index in [2.05, 4.69) is 0 Å². The van der Waals surface area contributed by atoms with E-state index >= 15 is 0 Å². The fourth-order valence-corrected chi connectivity index (χ4v) is 3.68. The zero-order chi connectivity index (χ0) is 18.0. The molecule has 2 amide bonds. The number of benzene rings is 2. The first-order chi connectivity index (χ1) is 10.9. The van der Waals surface area contributed by atoms with E-state index in [1.54, 1.807) is 0 Å². The SMILES string of the molecule is Nc1c(S(=O)(=O)O)cc2c3c(cc(S(=O)(=O)O)cc13)C(=O)NC2=O.[H-].[H-].[K+].[K+]. The molecule has 0 aromatic heterocycles. The van der Waals surface area contributed by atoms with Crippen molar-refractivity contribution in [2.75, 3.05) is 5.73 Å². The van der Waals surface area contributed by atoms with Crippen molar-refractivity contribution in [3.05, 3.63) is 29.3 Å².